The molecular formula is C16H10ClN5O. The van der Waals surface area contributed by atoms with Gasteiger partial charge in [0.2, 0.25) is 0 Å². The monoisotopic (exact) mass is 323 g/mol. The third kappa shape index (κ3) is 2.29. The Bertz CT molecular complexity index is 1040. The first kappa shape index (κ1) is 13.7. The van der Waals surface area contributed by atoms with Crippen LogP contribution in [0.15, 0.2) is 60.0 Å². The number of pyridine rings is 1. The zero-order valence-electron chi connectivity index (χ0n) is 11.8. The summed E-state index contributed by atoms with van der Waals surface area (Å²) in [6.07, 6.45) is 8.25. The van der Waals surface area contributed by atoms with E-state index in [1.807, 2.05) is 0 Å². The Morgan fingerprint density at radius 2 is 1.78 bits per heavy atom. The second kappa shape index (κ2) is 5.33. The lowest BCUT2D eigenvalue weighted by Gasteiger charge is -2.10. The van der Waals surface area contributed by atoms with Crippen LogP contribution in [0.4, 0.5) is 0 Å². The number of benzene rings is 1. The SMILES string of the molecule is O=c1c2nccnc2c(-c2cn[nH]c2)cn1-c1ccc(Cl)cc1. The van der Waals surface area contributed by atoms with E-state index >= 15 is 0 Å². The number of aromatic amines is 1. The number of hydrogen-bond donors (Lipinski definition) is 1. The van der Waals surface area contributed by atoms with Gasteiger partial charge in [-0.3, -0.25) is 19.4 Å². The van der Waals surface area contributed by atoms with E-state index in [4.69, 9.17) is 11.6 Å². The van der Waals surface area contributed by atoms with E-state index in [1.54, 1.807) is 49.1 Å². The molecule has 0 atom stereocenters. The molecule has 0 fully saturated rings. The lowest BCUT2D eigenvalue weighted by Crippen LogP contribution is -2.19. The van der Waals surface area contributed by atoms with Crippen LogP contribution < -0.4 is 5.56 Å². The fourth-order valence-electron chi connectivity index (χ4n) is 2.46. The molecule has 4 aromatic rings. The van der Waals surface area contributed by atoms with Gasteiger partial charge in [-0.05, 0) is 24.3 Å². The van der Waals surface area contributed by atoms with E-state index in [9.17, 15) is 4.79 Å². The lowest BCUT2D eigenvalue weighted by atomic mass is 10.1. The molecule has 0 saturated heterocycles. The molecule has 4 rings (SSSR count). The quantitative estimate of drug-likeness (QED) is 0.615. The molecule has 0 spiro atoms. The maximum absolute atomic E-state index is 12.7. The Balaban J connectivity index is 2.08. The van der Waals surface area contributed by atoms with Gasteiger partial charge in [0.15, 0.2) is 5.52 Å². The number of hydrogen-bond acceptors (Lipinski definition) is 4. The summed E-state index contributed by atoms with van der Waals surface area (Å²) in [5, 5.41) is 7.34. The highest BCUT2D eigenvalue weighted by Crippen LogP contribution is 2.24. The summed E-state index contributed by atoms with van der Waals surface area (Å²) in [7, 11) is 0. The maximum Gasteiger partial charge on any atom is 0.283 e. The average molecular weight is 324 g/mol. The minimum absolute atomic E-state index is 0.234. The van der Waals surface area contributed by atoms with Crippen molar-refractivity contribution < 1.29 is 0 Å². The van der Waals surface area contributed by atoms with Crippen molar-refractivity contribution in [3.05, 3.63) is 70.6 Å². The summed E-state index contributed by atoms with van der Waals surface area (Å²) in [6.45, 7) is 0. The molecule has 0 bridgehead atoms. The van der Waals surface area contributed by atoms with Crippen molar-refractivity contribution in [2.75, 3.05) is 0 Å². The van der Waals surface area contributed by atoms with Gasteiger partial charge in [0.25, 0.3) is 5.56 Å². The molecule has 7 heteroatoms. The van der Waals surface area contributed by atoms with Crippen molar-refractivity contribution >= 4 is 22.6 Å². The molecule has 3 aromatic heterocycles. The lowest BCUT2D eigenvalue weighted by molar-refractivity contribution is 0.998. The Kier molecular flexibility index (Phi) is 3.17. The molecule has 1 aromatic carbocycles. The third-order valence-electron chi connectivity index (χ3n) is 3.55. The molecule has 1 N–H and O–H groups in total. The largest absolute Gasteiger partial charge is 0.285 e. The van der Waals surface area contributed by atoms with E-state index in [0.29, 0.717) is 21.7 Å². The minimum Gasteiger partial charge on any atom is -0.285 e. The van der Waals surface area contributed by atoms with Crippen molar-refractivity contribution in [1.29, 1.82) is 0 Å². The molecule has 0 aliphatic heterocycles. The second-order valence-corrected chi connectivity index (χ2v) is 5.37. The predicted octanol–water partition coefficient (Wildman–Crippen LogP) is 2.82. The standard InChI is InChI=1S/C16H10ClN5O/c17-11-1-3-12(4-2-11)22-9-13(10-7-20-21-8-10)14-15(16(22)23)19-6-5-18-14/h1-9H,(H,20,21). The zero-order valence-corrected chi connectivity index (χ0v) is 12.5. The summed E-state index contributed by atoms with van der Waals surface area (Å²) in [6, 6.07) is 7.04. The van der Waals surface area contributed by atoms with E-state index in [0.717, 1.165) is 11.1 Å². The number of halogens is 1. The first-order chi connectivity index (χ1) is 11.2. The number of nitrogens with zero attached hydrogens (tertiary/aromatic N) is 4. The second-order valence-electron chi connectivity index (χ2n) is 4.93. The molecular weight excluding hydrogens is 314 g/mol. The van der Waals surface area contributed by atoms with E-state index in [2.05, 4.69) is 20.2 Å². The molecule has 0 aliphatic carbocycles. The number of H-pyrrole nitrogens is 1. The van der Waals surface area contributed by atoms with Crippen LogP contribution in [-0.2, 0) is 0 Å². The summed E-state index contributed by atoms with van der Waals surface area (Å²) in [5.74, 6) is 0. The van der Waals surface area contributed by atoms with Gasteiger partial charge in [-0.2, -0.15) is 5.10 Å². The van der Waals surface area contributed by atoms with Gasteiger partial charge < -0.3 is 0 Å². The van der Waals surface area contributed by atoms with Gasteiger partial charge in [0.05, 0.1) is 6.20 Å². The van der Waals surface area contributed by atoms with Gasteiger partial charge in [0, 0.05) is 46.6 Å². The van der Waals surface area contributed by atoms with Gasteiger partial charge in [-0.1, -0.05) is 11.6 Å². The molecule has 3 heterocycles. The van der Waals surface area contributed by atoms with Crippen LogP contribution in [0.3, 0.4) is 0 Å². The summed E-state index contributed by atoms with van der Waals surface area (Å²) in [4.78, 5) is 21.3. The molecule has 6 nitrogen and oxygen atoms in total. The van der Waals surface area contributed by atoms with Gasteiger partial charge in [-0.25, -0.2) is 4.98 Å². The van der Waals surface area contributed by atoms with Crippen LogP contribution in [0.2, 0.25) is 5.02 Å². The highest BCUT2D eigenvalue weighted by Gasteiger charge is 2.14. The van der Waals surface area contributed by atoms with Gasteiger partial charge in [-0.15, -0.1) is 0 Å². The van der Waals surface area contributed by atoms with Crippen molar-refractivity contribution in [2.45, 2.75) is 0 Å². The Hall–Kier alpha value is -2.99. The van der Waals surface area contributed by atoms with Crippen LogP contribution in [0.5, 0.6) is 0 Å². The van der Waals surface area contributed by atoms with E-state index in [-0.39, 0.29) is 5.56 Å². The number of aromatic nitrogens is 5. The van der Waals surface area contributed by atoms with Crippen LogP contribution in [0, 0.1) is 0 Å². The molecule has 0 radical (unpaired) electrons. The molecule has 0 saturated carbocycles. The Labute approximate surface area is 135 Å². The highest BCUT2D eigenvalue weighted by atomic mass is 35.5. The predicted molar refractivity (Wildman–Crippen MR) is 87.7 cm³/mol. The first-order valence-corrected chi connectivity index (χ1v) is 7.23. The van der Waals surface area contributed by atoms with E-state index < -0.39 is 0 Å². The van der Waals surface area contributed by atoms with Crippen LogP contribution >= 0.6 is 11.6 Å². The van der Waals surface area contributed by atoms with Crippen LogP contribution in [0.25, 0.3) is 27.8 Å². The Morgan fingerprint density at radius 3 is 2.48 bits per heavy atom. The van der Waals surface area contributed by atoms with Crippen molar-refractivity contribution in [2.24, 2.45) is 0 Å². The maximum atomic E-state index is 12.7. The van der Waals surface area contributed by atoms with E-state index in [1.165, 1.54) is 10.8 Å². The smallest absolute Gasteiger partial charge is 0.283 e. The fourth-order valence-corrected chi connectivity index (χ4v) is 2.58. The summed E-state index contributed by atoms with van der Waals surface area (Å²) in [5.41, 5.74) is 2.93. The topological polar surface area (TPSA) is 76.5 Å². The minimum atomic E-state index is -0.234. The molecule has 0 amide bonds. The van der Waals surface area contributed by atoms with Crippen molar-refractivity contribution in [3.8, 4) is 16.8 Å². The van der Waals surface area contributed by atoms with Crippen molar-refractivity contribution in [1.82, 2.24) is 24.7 Å². The highest BCUT2D eigenvalue weighted by molar-refractivity contribution is 6.30. The zero-order chi connectivity index (χ0) is 15.8. The normalized spacial score (nSPS) is 11.0. The van der Waals surface area contributed by atoms with Crippen LogP contribution in [-0.4, -0.2) is 24.7 Å². The first-order valence-electron chi connectivity index (χ1n) is 6.85. The van der Waals surface area contributed by atoms with Gasteiger partial charge in [0.1, 0.15) is 5.52 Å². The number of fused-ring (bicyclic) bond motifs is 1. The molecule has 0 aliphatic rings. The number of nitrogens with one attached hydrogen (secondary N) is 1. The van der Waals surface area contributed by atoms with Crippen molar-refractivity contribution in [3.63, 3.8) is 0 Å². The third-order valence-corrected chi connectivity index (χ3v) is 3.80. The fraction of sp³-hybridized carbons (Fsp3) is 0. The number of rotatable bonds is 2. The molecule has 0 unspecified atom stereocenters. The average Bonchev–Trinajstić information content (AvgIpc) is 3.11. The molecule has 23 heavy (non-hydrogen) atoms. The summed E-state index contributed by atoms with van der Waals surface area (Å²) < 4.78 is 1.54. The summed E-state index contributed by atoms with van der Waals surface area (Å²) >= 11 is 5.92. The molecule has 112 valence electrons. The Morgan fingerprint density at radius 1 is 1.04 bits per heavy atom. The van der Waals surface area contributed by atoms with Crippen LogP contribution in [0.1, 0.15) is 0 Å². The van der Waals surface area contributed by atoms with Gasteiger partial charge >= 0.3 is 0 Å².